The second kappa shape index (κ2) is 15.3. The molecule has 0 aliphatic heterocycles. The van der Waals surface area contributed by atoms with Gasteiger partial charge < -0.3 is 59.1 Å². The number of allylic oxidation sites excluding steroid dienone is 1. The molecular weight excluding hydrogens is 552 g/mol. The van der Waals surface area contributed by atoms with E-state index in [0.29, 0.717) is 17.1 Å². The first kappa shape index (κ1) is 34.9. The minimum Gasteiger partial charge on any atom is -0.493 e. The standard InChI is InChI=1S/C30H44O12/c1-8-9-14-29(35,15-18-10-12-21(37-2)25(41-6)23(18)39-4)28(34)30(36,27(33)20(32)17-31)16-19-11-13-22(38-3)26(42-7)24(19)40-5/h8-13,20,27-28,31-36H,14-17H2,1-7H3/b9-8+/t20-,27+,28+,29?,30+/m0/s1. The predicted octanol–water partition coefficient (Wildman–Crippen LogP) is 1.03. The highest BCUT2D eigenvalue weighted by Crippen LogP contribution is 2.45. The van der Waals surface area contributed by atoms with Crippen molar-refractivity contribution in [3.8, 4) is 34.5 Å². The Hall–Kier alpha value is -3.26. The molecule has 0 aliphatic carbocycles. The van der Waals surface area contributed by atoms with Gasteiger partial charge in [-0.3, -0.25) is 0 Å². The highest BCUT2D eigenvalue weighted by atomic mass is 16.5. The third-order valence-corrected chi connectivity index (χ3v) is 7.29. The second-order valence-electron chi connectivity index (χ2n) is 9.81. The van der Waals surface area contributed by atoms with Crippen molar-refractivity contribution in [2.24, 2.45) is 0 Å². The third-order valence-electron chi connectivity index (χ3n) is 7.29. The molecule has 1 unspecified atom stereocenters. The molecule has 5 atom stereocenters. The number of hydrogen-bond acceptors (Lipinski definition) is 12. The molecule has 236 valence electrons. The van der Waals surface area contributed by atoms with E-state index >= 15 is 0 Å². The van der Waals surface area contributed by atoms with Crippen molar-refractivity contribution in [1.29, 1.82) is 0 Å². The Labute approximate surface area is 246 Å². The summed E-state index contributed by atoms with van der Waals surface area (Å²) < 4.78 is 32.6. The number of benzene rings is 2. The molecule has 2 aromatic rings. The molecule has 0 saturated heterocycles. The quantitative estimate of drug-likeness (QED) is 0.143. The van der Waals surface area contributed by atoms with Crippen molar-refractivity contribution in [3.05, 3.63) is 47.5 Å². The summed E-state index contributed by atoms with van der Waals surface area (Å²) in [4.78, 5) is 0. The van der Waals surface area contributed by atoms with Gasteiger partial charge in [-0.25, -0.2) is 0 Å². The molecule has 0 bridgehead atoms. The predicted molar refractivity (Wildman–Crippen MR) is 154 cm³/mol. The maximum Gasteiger partial charge on any atom is 0.203 e. The smallest absolute Gasteiger partial charge is 0.203 e. The average molecular weight is 597 g/mol. The normalized spacial score (nSPS) is 16.6. The van der Waals surface area contributed by atoms with E-state index in [1.165, 1.54) is 48.7 Å². The maximum absolute atomic E-state index is 12.1. The van der Waals surface area contributed by atoms with Gasteiger partial charge in [-0.2, -0.15) is 0 Å². The number of aliphatic hydroxyl groups excluding tert-OH is 4. The first-order valence-electron chi connectivity index (χ1n) is 13.2. The fraction of sp³-hybridized carbons (Fsp3) is 0.533. The molecular formula is C30H44O12. The van der Waals surface area contributed by atoms with Crippen LogP contribution in [0.2, 0.25) is 0 Å². The van der Waals surface area contributed by atoms with E-state index in [9.17, 15) is 30.6 Å². The third kappa shape index (κ3) is 7.02. The van der Waals surface area contributed by atoms with Gasteiger partial charge in [0.05, 0.1) is 49.3 Å². The van der Waals surface area contributed by atoms with Gasteiger partial charge in [-0.15, -0.1) is 0 Å². The molecule has 0 aromatic heterocycles. The zero-order valence-corrected chi connectivity index (χ0v) is 25.2. The Bertz CT molecular complexity index is 1190. The van der Waals surface area contributed by atoms with Crippen LogP contribution in [0.5, 0.6) is 34.5 Å². The molecule has 0 aliphatic rings. The minimum absolute atomic E-state index is 0.131. The van der Waals surface area contributed by atoms with E-state index in [-0.39, 0.29) is 41.4 Å². The van der Waals surface area contributed by atoms with Crippen LogP contribution in [0.3, 0.4) is 0 Å². The van der Waals surface area contributed by atoms with Crippen molar-refractivity contribution >= 4 is 0 Å². The lowest BCUT2D eigenvalue weighted by atomic mass is 9.71. The molecule has 2 rings (SSSR count). The lowest BCUT2D eigenvalue weighted by Crippen LogP contribution is -2.66. The summed E-state index contributed by atoms with van der Waals surface area (Å²) in [5.41, 5.74) is -4.16. The molecule has 0 saturated carbocycles. The number of rotatable bonds is 17. The van der Waals surface area contributed by atoms with Crippen molar-refractivity contribution in [3.63, 3.8) is 0 Å². The van der Waals surface area contributed by atoms with Crippen LogP contribution < -0.4 is 28.4 Å². The Morgan fingerprint density at radius 3 is 1.52 bits per heavy atom. The van der Waals surface area contributed by atoms with Gasteiger partial charge in [0.2, 0.25) is 11.5 Å². The van der Waals surface area contributed by atoms with Gasteiger partial charge in [-0.1, -0.05) is 24.3 Å². The van der Waals surface area contributed by atoms with Crippen LogP contribution in [0.15, 0.2) is 36.4 Å². The Balaban J connectivity index is 2.76. The lowest BCUT2D eigenvalue weighted by Gasteiger charge is -2.46. The van der Waals surface area contributed by atoms with Gasteiger partial charge in [0.15, 0.2) is 23.0 Å². The minimum atomic E-state index is -2.64. The van der Waals surface area contributed by atoms with E-state index in [4.69, 9.17) is 28.4 Å². The molecule has 42 heavy (non-hydrogen) atoms. The summed E-state index contributed by atoms with van der Waals surface area (Å²) in [5, 5.41) is 67.3. The van der Waals surface area contributed by atoms with Gasteiger partial charge in [0.25, 0.3) is 0 Å². The highest BCUT2D eigenvalue weighted by molar-refractivity contribution is 5.57. The maximum atomic E-state index is 12.1. The van der Waals surface area contributed by atoms with Gasteiger partial charge in [0.1, 0.15) is 29.5 Å². The number of methoxy groups -OCH3 is 6. The van der Waals surface area contributed by atoms with Gasteiger partial charge >= 0.3 is 0 Å². The Morgan fingerprint density at radius 1 is 0.690 bits per heavy atom. The lowest BCUT2D eigenvalue weighted by molar-refractivity contribution is -0.228. The van der Waals surface area contributed by atoms with Crippen molar-refractivity contribution in [2.45, 2.75) is 55.7 Å². The molecule has 0 amide bonds. The summed E-state index contributed by atoms with van der Waals surface area (Å²) in [5.74, 6) is 1.49. The second-order valence-corrected chi connectivity index (χ2v) is 9.81. The summed E-state index contributed by atoms with van der Waals surface area (Å²) in [6, 6.07) is 6.28. The van der Waals surface area contributed by atoms with Crippen LogP contribution in [-0.4, -0.2) is 109 Å². The van der Waals surface area contributed by atoms with Gasteiger partial charge in [-0.05, 0) is 25.5 Å². The van der Waals surface area contributed by atoms with Crippen LogP contribution in [-0.2, 0) is 12.8 Å². The first-order valence-corrected chi connectivity index (χ1v) is 13.2. The van der Waals surface area contributed by atoms with Crippen LogP contribution >= 0.6 is 0 Å². The van der Waals surface area contributed by atoms with Crippen LogP contribution in [0.1, 0.15) is 24.5 Å². The monoisotopic (exact) mass is 596 g/mol. The zero-order chi connectivity index (χ0) is 31.7. The van der Waals surface area contributed by atoms with Crippen molar-refractivity contribution in [1.82, 2.24) is 0 Å². The molecule has 0 fully saturated rings. The van der Waals surface area contributed by atoms with E-state index in [0.717, 1.165) is 0 Å². The molecule has 0 heterocycles. The molecule has 2 aromatic carbocycles. The van der Waals surface area contributed by atoms with Crippen LogP contribution in [0.25, 0.3) is 0 Å². The average Bonchev–Trinajstić information content (AvgIpc) is 3.01. The summed E-state index contributed by atoms with van der Waals surface area (Å²) in [6.07, 6.45) is -3.91. The summed E-state index contributed by atoms with van der Waals surface area (Å²) in [7, 11) is 8.47. The van der Waals surface area contributed by atoms with E-state index in [2.05, 4.69) is 0 Å². The number of hydrogen-bond donors (Lipinski definition) is 6. The van der Waals surface area contributed by atoms with Crippen molar-refractivity contribution < 1.29 is 59.1 Å². The molecule has 12 nitrogen and oxygen atoms in total. The fourth-order valence-electron chi connectivity index (χ4n) is 5.10. The highest BCUT2D eigenvalue weighted by Gasteiger charge is 2.54. The molecule has 12 heteroatoms. The van der Waals surface area contributed by atoms with Gasteiger partial charge in [0, 0.05) is 24.0 Å². The number of ether oxygens (including phenoxy) is 6. The van der Waals surface area contributed by atoms with Crippen LogP contribution in [0, 0.1) is 0 Å². The first-order chi connectivity index (χ1) is 20.0. The largest absolute Gasteiger partial charge is 0.493 e. The van der Waals surface area contributed by atoms with Crippen molar-refractivity contribution in [2.75, 3.05) is 49.3 Å². The zero-order valence-electron chi connectivity index (χ0n) is 25.2. The Morgan fingerprint density at radius 2 is 1.14 bits per heavy atom. The number of aliphatic hydroxyl groups is 6. The SMILES string of the molecule is C/C=C/CC(O)(Cc1ccc(OC)c(OC)c1OC)[C@@H](O)[C@@](O)(Cc1ccc(OC)c(OC)c1OC)[C@H](O)[C@@H](O)CO. The summed E-state index contributed by atoms with van der Waals surface area (Å²) >= 11 is 0. The van der Waals surface area contributed by atoms with E-state index in [1.54, 1.807) is 37.3 Å². The van der Waals surface area contributed by atoms with E-state index < -0.39 is 42.5 Å². The topological polar surface area (TPSA) is 177 Å². The van der Waals surface area contributed by atoms with E-state index in [1.807, 2.05) is 0 Å². The Kier molecular flexibility index (Phi) is 12.7. The van der Waals surface area contributed by atoms with Crippen LogP contribution in [0.4, 0.5) is 0 Å². The molecule has 0 radical (unpaired) electrons. The molecule has 0 spiro atoms. The fourth-order valence-corrected chi connectivity index (χ4v) is 5.10. The summed E-state index contributed by atoms with van der Waals surface area (Å²) in [6.45, 7) is 0.783. The molecule has 6 N–H and O–H groups in total.